The van der Waals surface area contributed by atoms with Crippen LogP contribution in [0, 0.1) is 0 Å². The first-order valence-electron chi connectivity index (χ1n) is 7.14. The highest BCUT2D eigenvalue weighted by molar-refractivity contribution is 7.88. The molecule has 2 aromatic rings. The third-order valence-electron chi connectivity index (χ3n) is 4.01. The van der Waals surface area contributed by atoms with Crippen molar-refractivity contribution in [3.05, 3.63) is 36.2 Å². The molecule has 3 heterocycles. The Morgan fingerprint density at radius 1 is 1.33 bits per heavy atom. The zero-order chi connectivity index (χ0) is 14.9. The number of pyridine rings is 1. The standard InChI is InChI=1S/C14H20N4O2S/c1-21(19,20)17-8-5-13(6-9-17)15-10-12-11-16-18-7-3-2-4-14(12)18/h2-4,7,11,13,15H,5-6,8-10H2,1H3. The van der Waals surface area contributed by atoms with E-state index in [2.05, 4.69) is 16.5 Å². The average Bonchev–Trinajstić information content (AvgIpc) is 2.88. The summed E-state index contributed by atoms with van der Waals surface area (Å²) < 4.78 is 26.4. The number of aromatic nitrogens is 2. The van der Waals surface area contributed by atoms with Crippen LogP contribution in [0.4, 0.5) is 0 Å². The van der Waals surface area contributed by atoms with Gasteiger partial charge in [-0.15, -0.1) is 0 Å². The van der Waals surface area contributed by atoms with Gasteiger partial charge in [-0.1, -0.05) is 6.07 Å². The molecule has 3 rings (SSSR count). The molecule has 0 aliphatic carbocycles. The van der Waals surface area contributed by atoms with Crippen molar-refractivity contribution >= 4 is 15.5 Å². The second-order valence-corrected chi connectivity index (χ2v) is 7.50. The van der Waals surface area contributed by atoms with Crippen molar-refractivity contribution in [1.29, 1.82) is 0 Å². The van der Waals surface area contributed by atoms with Crippen LogP contribution in [0.2, 0.25) is 0 Å². The number of nitrogens with one attached hydrogen (secondary N) is 1. The van der Waals surface area contributed by atoms with E-state index in [-0.39, 0.29) is 0 Å². The fourth-order valence-electron chi connectivity index (χ4n) is 2.77. The van der Waals surface area contributed by atoms with Crippen molar-refractivity contribution in [3.63, 3.8) is 0 Å². The van der Waals surface area contributed by atoms with Crippen LogP contribution in [0.25, 0.3) is 5.52 Å². The van der Waals surface area contributed by atoms with Gasteiger partial charge in [0, 0.05) is 37.4 Å². The molecular weight excluding hydrogens is 288 g/mol. The quantitative estimate of drug-likeness (QED) is 0.909. The fourth-order valence-corrected chi connectivity index (χ4v) is 3.64. The Morgan fingerprint density at radius 2 is 2.10 bits per heavy atom. The van der Waals surface area contributed by atoms with Gasteiger partial charge in [0.1, 0.15) is 0 Å². The molecule has 0 spiro atoms. The van der Waals surface area contributed by atoms with E-state index in [0.717, 1.165) is 24.9 Å². The number of hydrogen-bond acceptors (Lipinski definition) is 4. The molecule has 0 bridgehead atoms. The maximum Gasteiger partial charge on any atom is 0.211 e. The normalized spacial score (nSPS) is 18.3. The first kappa shape index (κ1) is 14.5. The van der Waals surface area contributed by atoms with Crippen molar-refractivity contribution in [1.82, 2.24) is 19.2 Å². The average molecular weight is 308 g/mol. The van der Waals surface area contributed by atoms with E-state index < -0.39 is 10.0 Å². The zero-order valence-corrected chi connectivity index (χ0v) is 12.9. The summed E-state index contributed by atoms with van der Waals surface area (Å²) in [6, 6.07) is 6.38. The van der Waals surface area contributed by atoms with Gasteiger partial charge in [-0.25, -0.2) is 17.2 Å². The molecule has 7 heteroatoms. The summed E-state index contributed by atoms with van der Waals surface area (Å²) in [4.78, 5) is 0. The monoisotopic (exact) mass is 308 g/mol. The van der Waals surface area contributed by atoms with Crippen LogP contribution in [0.5, 0.6) is 0 Å². The minimum atomic E-state index is -3.04. The van der Waals surface area contributed by atoms with Gasteiger partial charge in [-0.05, 0) is 25.0 Å². The summed E-state index contributed by atoms with van der Waals surface area (Å²) in [5.74, 6) is 0. The number of piperidine rings is 1. The molecule has 0 radical (unpaired) electrons. The SMILES string of the molecule is CS(=O)(=O)N1CCC(NCc2cnn3ccccc23)CC1. The number of nitrogens with zero attached hydrogens (tertiary/aromatic N) is 3. The minimum Gasteiger partial charge on any atom is -0.310 e. The van der Waals surface area contributed by atoms with Gasteiger partial charge >= 0.3 is 0 Å². The highest BCUT2D eigenvalue weighted by atomic mass is 32.2. The van der Waals surface area contributed by atoms with Crippen molar-refractivity contribution in [2.45, 2.75) is 25.4 Å². The molecule has 0 saturated carbocycles. The molecular formula is C14H20N4O2S. The Balaban J connectivity index is 1.57. The predicted molar refractivity (Wildman–Crippen MR) is 81.5 cm³/mol. The van der Waals surface area contributed by atoms with Crippen LogP contribution in [0.1, 0.15) is 18.4 Å². The molecule has 114 valence electrons. The Bertz CT molecular complexity index is 717. The third kappa shape index (κ3) is 3.25. The summed E-state index contributed by atoms with van der Waals surface area (Å²) in [5.41, 5.74) is 2.28. The lowest BCUT2D eigenvalue weighted by Gasteiger charge is -2.30. The van der Waals surface area contributed by atoms with Crippen LogP contribution >= 0.6 is 0 Å². The topological polar surface area (TPSA) is 66.7 Å². The van der Waals surface area contributed by atoms with Crippen LogP contribution in [0.15, 0.2) is 30.6 Å². The number of hydrogen-bond donors (Lipinski definition) is 1. The molecule has 0 atom stereocenters. The van der Waals surface area contributed by atoms with E-state index in [0.29, 0.717) is 19.1 Å². The lowest BCUT2D eigenvalue weighted by atomic mass is 10.1. The van der Waals surface area contributed by atoms with E-state index in [4.69, 9.17) is 0 Å². The molecule has 1 N–H and O–H groups in total. The van der Waals surface area contributed by atoms with Gasteiger partial charge in [0.05, 0.1) is 18.0 Å². The van der Waals surface area contributed by atoms with Gasteiger partial charge in [-0.3, -0.25) is 0 Å². The van der Waals surface area contributed by atoms with E-state index in [9.17, 15) is 8.42 Å². The van der Waals surface area contributed by atoms with Crippen LogP contribution < -0.4 is 5.32 Å². The molecule has 6 nitrogen and oxygen atoms in total. The third-order valence-corrected chi connectivity index (χ3v) is 5.31. The molecule has 2 aromatic heterocycles. The van der Waals surface area contributed by atoms with Gasteiger partial charge in [-0.2, -0.15) is 5.10 Å². The molecule has 1 aliphatic heterocycles. The van der Waals surface area contributed by atoms with Gasteiger partial charge < -0.3 is 5.32 Å². The Morgan fingerprint density at radius 3 is 2.81 bits per heavy atom. The van der Waals surface area contributed by atoms with Gasteiger partial charge in [0.25, 0.3) is 0 Å². The number of fused-ring (bicyclic) bond motifs is 1. The molecule has 1 saturated heterocycles. The fraction of sp³-hybridized carbons (Fsp3) is 0.500. The molecule has 21 heavy (non-hydrogen) atoms. The Hall–Kier alpha value is -1.44. The Labute approximate surface area is 124 Å². The highest BCUT2D eigenvalue weighted by Gasteiger charge is 2.24. The second-order valence-electron chi connectivity index (χ2n) is 5.52. The lowest BCUT2D eigenvalue weighted by molar-refractivity contribution is 0.290. The molecule has 0 unspecified atom stereocenters. The first-order chi connectivity index (χ1) is 10.0. The summed E-state index contributed by atoms with van der Waals surface area (Å²) in [7, 11) is -3.04. The lowest BCUT2D eigenvalue weighted by Crippen LogP contribution is -2.44. The van der Waals surface area contributed by atoms with E-state index in [1.807, 2.05) is 29.0 Å². The van der Waals surface area contributed by atoms with Crippen molar-refractivity contribution < 1.29 is 8.42 Å². The number of sulfonamides is 1. The zero-order valence-electron chi connectivity index (χ0n) is 12.1. The summed E-state index contributed by atoms with van der Waals surface area (Å²) in [6.07, 6.45) is 6.80. The van der Waals surface area contributed by atoms with Gasteiger partial charge in [0.2, 0.25) is 10.0 Å². The molecule has 0 amide bonds. The van der Waals surface area contributed by atoms with E-state index >= 15 is 0 Å². The van der Waals surface area contributed by atoms with Crippen LogP contribution in [-0.2, 0) is 16.6 Å². The van der Waals surface area contributed by atoms with Crippen molar-refractivity contribution in [2.75, 3.05) is 19.3 Å². The largest absolute Gasteiger partial charge is 0.310 e. The predicted octanol–water partition coefficient (Wildman–Crippen LogP) is 0.848. The minimum absolute atomic E-state index is 0.363. The first-order valence-corrected chi connectivity index (χ1v) is 8.98. The van der Waals surface area contributed by atoms with Crippen molar-refractivity contribution in [2.24, 2.45) is 0 Å². The van der Waals surface area contributed by atoms with E-state index in [1.54, 1.807) is 4.31 Å². The summed E-state index contributed by atoms with van der Waals surface area (Å²) in [6.45, 7) is 1.97. The van der Waals surface area contributed by atoms with Gasteiger partial charge in [0.15, 0.2) is 0 Å². The molecule has 1 aliphatic rings. The van der Waals surface area contributed by atoms with Crippen molar-refractivity contribution in [3.8, 4) is 0 Å². The summed E-state index contributed by atoms with van der Waals surface area (Å²) in [5, 5.41) is 7.83. The maximum absolute atomic E-state index is 11.5. The second kappa shape index (κ2) is 5.75. The maximum atomic E-state index is 11.5. The van der Waals surface area contributed by atoms with E-state index in [1.165, 1.54) is 11.8 Å². The smallest absolute Gasteiger partial charge is 0.211 e. The number of rotatable bonds is 4. The van der Waals surface area contributed by atoms with Crippen LogP contribution in [0.3, 0.4) is 0 Å². The van der Waals surface area contributed by atoms with Crippen LogP contribution in [-0.4, -0.2) is 47.7 Å². The molecule has 1 fully saturated rings. The molecule has 0 aromatic carbocycles. The highest BCUT2D eigenvalue weighted by Crippen LogP contribution is 2.15. The summed E-state index contributed by atoms with van der Waals surface area (Å²) >= 11 is 0. The Kier molecular flexibility index (Phi) is 3.97.